The first-order valence-corrected chi connectivity index (χ1v) is 6.70. The van der Waals surface area contributed by atoms with Crippen LogP contribution in [0.1, 0.15) is 33.1 Å². The number of piperidine rings is 1. The van der Waals surface area contributed by atoms with Gasteiger partial charge in [0.1, 0.15) is 0 Å². The summed E-state index contributed by atoms with van der Waals surface area (Å²) in [5.41, 5.74) is 0. The standard InChI is InChI=1S/C13H24N2O3/c1-4-18-12(16)7-8-14(3)13(17)15-9-5-11(2)6-10-15/h11H,4-10H2,1-3H3. The van der Waals surface area contributed by atoms with E-state index in [1.54, 1.807) is 18.9 Å². The highest BCUT2D eigenvalue weighted by Gasteiger charge is 2.23. The predicted octanol–water partition coefficient (Wildman–Crippen LogP) is 1.72. The van der Waals surface area contributed by atoms with Crippen LogP contribution in [-0.4, -0.2) is 55.1 Å². The van der Waals surface area contributed by atoms with Crippen molar-refractivity contribution in [3.8, 4) is 0 Å². The van der Waals surface area contributed by atoms with E-state index in [9.17, 15) is 9.59 Å². The van der Waals surface area contributed by atoms with Crippen LogP contribution >= 0.6 is 0 Å². The Morgan fingerprint density at radius 2 is 1.94 bits per heavy atom. The maximum absolute atomic E-state index is 12.1. The van der Waals surface area contributed by atoms with Crippen LogP contribution in [0.5, 0.6) is 0 Å². The van der Waals surface area contributed by atoms with Crippen molar-refractivity contribution < 1.29 is 14.3 Å². The first-order valence-electron chi connectivity index (χ1n) is 6.70. The van der Waals surface area contributed by atoms with Crippen molar-refractivity contribution in [2.75, 3.05) is 33.3 Å². The Morgan fingerprint density at radius 3 is 2.50 bits per heavy atom. The lowest BCUT2D eigenvalue weighted by Crippen LogP contribution is -2.45. The van der Waals surface area contributed by atoms with Crippen molar-refractivity contribution in [1.82, 2.24) is 9.80 Å². The second-order valence-electron chi connectivity index (χ2n) is 4.93. The summed E-state index contributed by atoms with van der Waals surface area (Å²) in [6.07, 6.45) is 2.40. The van der Waals surface area contributed by atoms with E-state index in [-0.39, 0.29) is 18.4 Å². The molecule has 0 aliphatic carbocycles. The molecule has 1 aliphatic rings. The van der Waals surface area contributed by atoms with E-state index in [0.717, 1.165) is 25.9 Å². The number of rotatable bonds is 4. The molecule has 1 rings (SSSR count). The number of carbonyl (C=O) groups excluding carboxylic acids is 2. The maximum Gasteiger partial charge on any atom is 0.319 e. The van der Waals surface area contributed by atoms with Gasteiger partial charge in [0.05, 0.1) is 13.0 Å². The lowest BCUT2D eigenvalue weighted by Gasteiger charge is -2.33. The zero-order valence-electron chi connectivity index (χ0n) is 11.6. The zero-order chi connectivity index (χ0) is 13.5. The molecule has 0 aromatic heterocycles. The van der Waals surface area contributed by atoms with Crippen molar-refractivity contribution in [2.45, 2.75) is 33.1 Å². The predicted molar refractivity (Wildman–Crippen MR) is 69.2 cm³/mol. The summed E-state index contributed by atoms with van der Waals surface area (Å²) in [4.78, 5) is 26.8. The van der Waals surface area contributed by atoms with Gasteiger partial charge in [-0.15, -0.1) is 0 Å². The van der Waals surface area contributed by atoms with Crippen LogP contribution in [0.3, 0.4) is 0 Å². The molecular formula is C13H24N2O3. The number of amides is 2. The number of ether oxygens (including phenoxy) is 1. The van der Waals surface area contributed by atoms with Crippen molar-refractivity contribution in [3.05, 3.63) is 0 Å². The molecule has 18 heavy (non-hydrogen) atoms. The average molecular weight is 256 g/mol. The minimum Gasteiger partial charge on any atom is -0.466 e. The number of carbonyl (C=O) groups is 2. The molecule has 1 heterocycles. The van der Waals surface area contributed by atoms with Gasteiger partial charge in [-0.3, -0.25) is 4.79 Å². The van der Waals surface area contributed by atoms with E-state index in [1.165, 1.54) is 0 Å². The molecule has 5 heteroatoms. The van der Waals surface area contributed by atoms with Gasteiger partial charge in [0.15, 0.2) is 0 Å². The third-order valence-electron chi connectivity index (χ3n) is 3.34. The molecule has 0 spiro atoms. The first-order chi connectivity index (χ1) is 8.54. The van der Waals surface area contributed by atoms with Crippen LogP contribution in [0.2, 0.25) is 0 Å². The average Bonchev–Trinajstić information content (AvgIpc) is 2.36. The molecule has 104 valence electrons. The smallest absolute Gasteiger partial charge is 0.319 e. The lowest BCUT2D eigenvalue weighted by molar-refractivity contribution is -0.143. The second-order valence-corrected chi connectivity index (χ2v) is 4.93. The molecule has 0 N–H and O–H groups in total. The minimum atomic E-state index is -0.246. The van der Waals surface area contributed by atoms with Gasteiger partial charge in [-0.1, -0.05) is 6.92 Å². The minimum absolute atomic E-state index is 0.0196. The summed E-state index contributed by atoms with van der Waals surface area (Å²) >= 11 is 0. The molecule has 0 aromatic carbocycles. The summed E-state index contributed by atoms with van der Waals surface area (Å²) in [7, 11) is 1.74. The van der Waals surface area contributed by atoms with Gasteiger partial charge in [0.2, 0.25) is 0 Å². The van der Waals surface area contributed by atoms with Gasteiger partial charge in [-0.25, -0.2) is 4.79 Å². The second kappa shape index (κ2) is 7.24. The molecule has 0 atom stereocenters. The van der Waals surface area contributed by atoms with Crippen molar-refractivity contribution in [2.24, 2.45) is 5.92 Å². The van der Waals surface area contributed by atoms with Crippen molar-refractivity contribution >= 4 is 12.0 Å². The largest absolute Gasteiger partial charge is 0.466 e. The zero-order valence-corrected chi connectivity index (χ0v) is 11.6. The number of nitrogens with zero attached hydrogens (tertiary/aromatic N) is 2. The van der Waals surface area contributed by atoms with E-state index >= 15 is 0 Å². The number of likely N-dealkylation sites (tertiary alicyclic amines) is 1. The number of esters is 1. The SMILES string of the molecule is CCOC(=O)CCN(C)C(=O)N1CCC(C)CC1. The summed E-state index contributed by atoms with van der Waals surface area (Å²) in [5, 5.41) is 0. The molecule has 0 radical (unpaired) electrons. The highest BCUT2D eigenvalue weighted by Crippen LogP contribution is 2.16. The van der Waals surface area contributed by atoms with Crippen LogP contribution in [0.4, 0.5) is 4.79 Å². The summed E-state index contributed by atoms with van der Waals surface area (Å²) in [6, 6.07) is 0.0196. The van der Waals surface area contributed by atoms with Gasteiger partial charge in [-0.05, 0) is 25.7 Å². The third-order valence-corrected chi connectivity index (χ3v) is 3.34. The molecule has 1 aliphatic heterocycles. The van der Waals surface area contributed by atoms with Crippen molar-refractivity contribution in [1.29, 1.82) is 0 Å². The van der Waals surface area contributed by atoms with Gasteiger partial charge < -0.3 is 14.5 Å². The Labute approximate surface area is 109 Å². The van der Waals surface area contributed by atoms with Gasteiger partial charge >= 0.3 is 12.0 Å². The molecule has 0 unspecified atom stereocenters. The fraction of sp³-hybridized carbons (Fsp3) is 0.846. The summed E-state index contributed by atoms with van der Waals surface area (Å²) < 4.78 is 4.84. The third kappa shape index (κ3) is 4.55. The van der Waals surface area contributed by atoms with Gasteiger partial charge in [-0.2, -0.15) is 0 Å². The Hall–Kier alpha value is -1.26. The van der Waals surface area contributed by atoms with Gasteiger partial charge in [0.25, 0.3) is 0 Å². The lowest BCUT2D eigenvalue weighted by atomic mass is 10.00. The molecule has 1 fully saturated rings. The molecular weight excluding hydrogens is 232 g/mol. The van der Waals surface area contributed by atoms with E-state index in [1.807, 2.05) is 4.90 Å². The van der Waals surface area contributed by atoms with E-state index in [2.05, 4.69) is 6.92 Å². The van der Waals surface area contributed by atoms with Crippen molar-refractivity contribution in [3.63, 3.8) is 0 Å². The highest BCUT2D eigenvalue weighted by atomic mass is 16.5. The Morgan fingerprint density at radius 1 is 1.33 bits per heavy atom. The Bertz CT molecular complexity index is 286. The highest BCUT2D eigenvalue weighted by molar-refractivity contribution is 5.75. The molecule has 0 saturated carbocycles. The number of hydrogen-bond donors (Lipinski definition) is 0. The van der Waals surface area contributed by atoms with Crippen LogP contribution in [0.25, 0.3) is 0 Å². The van der Waals surface area contributed by atoms with Crippen LogP contribution in [-0.2, 0) is 9.53 Å². The molecule has 1 saturated heterocycles. The molecule has 5 nitrogen and oxygen atoms in total. The van der Waals surface area contributed by atoms with E-state index in [0.29, 0.717) is 19.1 Å². The van der Waals surface area contributed by atoms with Gasteiger partial charge in [0, 0.05) is 26.7 Å². The van der Waals surface area contributed by atoms with Crippen LogP contribution in [0.15, 0.2) is 0 Å². The van der Waals surface area contributed by atoms with E-state index in [4.69, 9.17) is 4.74 Å². The maximum atomic E-state index is 12.1. The molecule has 0 aromatic rings. The monoisotopic (exact) mass is 256 g/mol. The normalized spacial score (nSPS) is 16.5. The van der Waals surface area contributed by atoms with Crippen LogP contribution in [0, 0.1) is 5.92 Å². The summed E-state index contributed by atoms with van der Waals surface area (Å²) in [5.74, 6) is 0.461. The molecule has 2 amide bonds. The topological polar surface area (TPSA) is 49.9 Å². The number of hydrogen-bond acceptors (Lipinski definition) is 3. The van der Waals surface area contributed by atoms with Crippen LogP contribution < -0.4 is 0 Å². The Balaban J connectivity index is 2.30. The fourth-order valence-electron chi connectivity index (χ4n) is 2.03. The molecule has 0 bridgehead atoms. The Kier molecular flexibility index (Phi) is 5.95. The quantitative estimate of drug-likeness (QED) is 0.720. The summed E-state index contributed by atoms with van der Waals surface area (Å²) in [6.45, 7) is 6.45. The fourth-order valence-corrected chi connectivity index (χ4v) is 2.03. The first kappa shape index (κ1) is 14.8. The number of urea groups is 1. The van der Waals surface area contributed by atoms with E-state index < -0.39 is 0 Å².